The van der Waals surface area contributed by atoms with E-state index in [1.54, 1.807) is 12.1 Å². The Morgan fingerprint density at radius 3 is 2.00 bits per heavy atom. The number of fused-ring (bicyclic) bond motifs is 1. The number of esters is 1. The van der Waals surface area contributed by atoms with Gasteiger partial charge in [-0.3, -0.25) is 24.6 Å². The molecule has 1 aliphatic carbocycles. The van der Waals surface area contributed by atoms with E-state index in [4.69, 9.17) is 4.74 Å². The van der Waals surface area contributed by atoms with E-state index in [1.165, 1.54) is 41.3 Å². The number of hydrogen-bond donors (Lipinski definition) is 0. The lowest BCUT2D eigenvalue weighted by molar-refractivity contribution is -0.384. The molecule has 32 heavy (non-hydrogen) atoms. The summed E-state index contributed by atoms with van der Waals surface area (Å²) in [5, 5.41) is 10.7. The van der Waals surface area contributed by atoms with Gasteiger partial charge in [0.25, 0.3) is 5.69 Å². The summed E-state index contributed by atoms with van der Waals surface area (Å²) in [7, 11) is 0. The second-order valence-electron chi connectivity index (χ2n) is 7.77. The minimum absolute atomic E-state index is 0.0353. The van der Waals surface area contributed by atoms with Crippen molar-refractivity contribution < 1.29 is 24.0 Å². The van der Waals surface area contributed by atoms with Crippen LogP contribution in [0.5, 0.6) is 0 Å². The average Bonchev–Trinajstić information content (AvgIpc) is 3.02. The highest BCUT2D eigenvalue weighted by molar-refractivity contribution is 9.12. The Morgan fingerprint density at radius 2 is 1.50 bits per heavy atom. The van der Waals surface area contributed by atoms with Crippen LogP contribution in [0.2, 0.25) is 0 Å². The number of anilines is 1. The highest BCUT2D eigenvalue weighted by Crippen LogP contribution is 2.44. The van der Waals surface area contributed by atoms with Gasteiger partial charge in [0, 0.05) is 21.8 Å². The van der Waals surface area contributed by atoms with Gasteiger partial charge in [0.15, 0.2) is 0 Å². The number of ether oxygens (including phenoxy) is 1. The molecule has 0 unspecified atom stereocenters. The molecular formula is C22H18Br2N2O6. The Labute approximate surface area is 200 Å². The summed E-state index contributed by atoms with van der Waals surface area (Å²) in [5.74, 6) is -1.68. The third kappa shape index (κ3) is 4.33. The van der Waals surface area contributed by atoms with E-state index in [2.05, 4.69) is 31.9 Å². The molecule has 1 saturated carbocycles. The first kappa shape index (κ1) is 22.6. The topological polar surface area (TPSA) is 107 Å². The summed E-state index contributed by atoms with van der Waals surface area (Å²) in [5.41, 5.74) is 1.28. The fraction of sp³-hybridized carbons (Fsp3) is 0.318. The Kier molecular flexibility index (Phi) is 6.43. The fourth-order valence-corrected chi connectivity index (χ4v) is 5.28. The minimum Gasteiger partial charge on any atom is -0.457 e. The van der Waals surface area contributed by atoms with Crippen molar-refractivity contribution >= 4 is 61.0 Å². The van der Waals surface area contributed by atoms with Crippen LogP contribution >= 0.6 is 31.9 Å². The number of rotatable bonds is 5. The number of halogens is 2. The Balaban J connectivity index is 1.41. The molecule has 0 radical (unpaired) electrons. The Hall–Kier alpha value is -2.59. The monoisotopic (exact) mass is 564 g/mol. The molecule has 2 aromatic rings. The van der Waals surface area contributed by atoms with Crippen LogP contribution in [0.4, 0.5) is 11.4 Å². The lowest BCUT2D eigenvalue weighted by Crippen LogP contribution is -2.34. The van der Waals surface area contributed by atoms with Gasteiger partial charge in [0.2, 0.25) is 11.8 Å². The zero-order valence-corrected chi connectivity index (χ0v) is 19.8. The maximum absolute atomic E-state index is 12.9. The number of hydrogen-bond acceptors (Lipinski definition) is 6. The largest absolute Gasteiger partial charge is 0.457 e. The zero-order chi connectivity index (χ0) is 23.0. The van der Waals surface area contributed by atoms with Crippen molar-refractivity contribution in [2.45, 2.75) is 29.1 Å². The van der Waals surface area contributed by atoms with E-state index in [0.717, 1.165) is 0 Å². The van der Waals surface area contributed by atoms with Gasteiger partial charge in [-0.15, -0.1) is 0 Å². The molecule has 4 rings (SSSR count). The zero-order valence-electron chi connectivity index (χ0n) is 16.6. The molecule has 1 aliphatic heterocycles. The number of nitro groups is 1. The van der Waals surface area contributed by atoms with Crippen molar-refractivity contribution in [3.05, 3.63) is 69.8 Å². The van der Waals surface area contributed by atoms with E-state index < -0.39 is 10.9 Å². The molecule has 2 amide bonds. The molecule has 1 saturated heterocycles. The predicted octanol–water partition coefficient (Wildman–Crippen LogP) is 4.38. The summed E-state index contributed by atoms with van der Waals surface area (Å²) >= 11 is 7.14. The van der Waals surface area contributed by atoms with Gasteiger partial charge in [0.1, 0.15) is 6.61 Å². The van der Waals surface area contributed by atoms with Crippen molar-refractivity contribution in [1.82, 2.24) is 0 Å². The van der Waals surface area contributed by atoms with Crippen molar-refractivity contribution in [2.75, 3.05) is 4.90 Å². The second kappa shape index (κ2) is 9.11. The molecular weight excluding hydrogens is 548 g/mol. The highest BCUT2D eigenvalue weighted by atomic mass is 79.9. The fourth-order valence-electron chi connectivity index (χ4n) is 4.04. The van der Waals surface area contributed by atoms with Crippen molar-refractivity contribution in [2.24, 2.45) is 11.8 Å². The first-order valence-electron chi connectivity index (χ1n) is 9.92. The molecule has 1 heterocycles. The summed E-state index contributed by atoms with van der Waals surface area (Å²) in [6, 6.07) is 11.9. The Bertz CT molecular complexity index is 1040. The summed E-state index contributed by atoms with van der Waals surface area (Å²) in [6.07, 6.45) is 1.18. The van der Waals surface area contributed by atoms with Gasteiger partial charge in [0.05, 0.1) is 28.0 Å². The van der Waals surface area contributed by atoms with Crippen molar-refractivity contribution in [1.29, 1.82) is 0 Å². The lowest BCUT2D eigenvalue weighted by atomic mass is 9.81. The molecule has 166 valence electrons. The van der Waals surface area contributed by atoms with E-state index in [1.807, 2.05) is 0 Å². The van der Waals surface area contributed by atoms with Gasteiger partial charge in [-0.05, 0) is 54.8 Å². The smallest absolute Gasteiger partial charge is 0.338 e. The van der Waals surface area contributed by atoms with Crippen LogP contribution < -0.4 is 4.90 Å². The van der Waals surface area contributed by atoms with E-state index >= 15 is 0 Å². The van der Waals surface area contributed by atoms with Crippen LogP contribution in [-0.2, 0) is 20.9 Å². The molecule has 0 aromatic heterocycles. The number of alkyl halides is 2. The molecule has 4 atom stereocenters. The second-order valence-corrected chi connectivity index (χ2v) is 10.1. The van der Waals surface area contributed by atoms with Gasteiger partial charge >= 0.3 is 5.97 Å². The average molecular weight is 566 g/mol. The van der Waals surface area contributed by atoms with Crippen LogP contribution in [0.1, 0.15) is 28.8 Å². The number of amides is 2. The van der Waals surface area contributed by atoms with Gasteiger partial charge in [-0.2, -0.15) is 0 Å². The molecule has 0 bridgehead atoms. The number of carbonyl (C=O) groups excluding carboxylic acids is 3. The SMILES string of the molecule is O=C(OCc1ccc([N+](=O)[O-])cc1)c1ccc(N2C(=O)[C@@H]3C[C@H](Br)[C@@H](Br)C[C@H]3C2=O)cc1. The third-order valence-corrected chi connectivity index (χ3v) is 8.52. The summed E-state index contributed by atoms with van der Waals surface area (Å²) in [6.45, 7) is -0.0353. The number of carbonyl (C=O) groups is 3. The van der Waals surface area contributed by atoms with E-state index in [-0.39, 0.29) is 51.2 Å². The van der Waals surface area contributed by atoms with Crippen LogP contribution in [-0.4, -0.2) is 32.4 Å². The molecule has 8 nitrogen and oxygen atoms in total. The number of imide groups is 1. The predicted molar refractivity (Wildman–Crippen MR) is 123 cm³/mol. The molecule has 2 aromatic carbocycles. The number of nitro benzene ring substituents is 1. The number of nitrogens with zero attached hydrogens (tertiary/aromatic N) is 2. The quantitative estimate of drug-likeness (QED) is 0.175. The van der Waals surface area contributed by atoms with Gasteiger partial charge in [-0.25, -0.2) is 4.79 Å². The van der Waals surface area contributed by atoms with Crippen molar-refractivity contribution in [3.63, 3.8) is 0 Å². The van der Waals surface area contributed by atoms with Crippen LogP contribution in [0, 0.1) is 22.0 Å². The number of benzene rings is 2. The van der Waals surface area contributed by atoms with Crippen LogP contribution in [0.25, 0.3) is 0 Å². The maximum Gasteiger partial charge on any atom is 0.338 e. The minimum atomic E-state index is -0.577. The van der Waals surface area contributed by atoms with Crippen molar-refractivity contribution in [3.8, 4) is 0 Å². The van der Waals surface area contributed by atoms with Gasteiger partial charge < -0.3 is 4.74 Å². The number of non-ortho nitro benzene ring substituents is 1. The summed E-state index contributed by atoms with van der Waals surface area (Å²) in [4.78, 5) is 49.8. The molecule has 0 N–H and O–H groups in total. The van der Waals surface area contributed by atoms with E-state index in [9.17, 15) is 24.5 Å². The first-order chi connectivity index (χ1) is 15.3. The van der Waals surface area contributed by atoms with Gasteiger partial charge in [-0.1, -0.05) is 31.9 Å². The standard InChI is InChI=1S/C22H18Br2N2O6/c23-18-9-16-17(10-19(18)24)21(28)25(20(16)27)14-7-3-13(4-8-14)22(29)32-11-12-1-5-15(6-2-12)26(30)31/h1-8,16-19H,9-11H2/t16-,17-,18+,19+/m1/s1. The normalized spacial score (nSPS) is 24.9. The summed E-state index contributed by atoms with van der Waals surface area (Å²) < 4.78 is 5.26. The first-order valence-corrected chi connectivity index (χ1v) is 11.8. The third-order valence-electron chi connectivity index (χ3n) is 5.79. The molecule has 2 aliphatic rings. The van der Waals surface area contributed by atoms with E-state index in [0.29, 0.717) is 24.1 Å². The molecule has 10 heteroatoms. The maximum atomic E-state index is 12.9. The molecule has 0 spiro atoms. The lowest BCUT2D eigenvalue weighted by Gasteiger charge is -2.29. The highest BCUT2D eigenvalue weighted by Gasteiger charge is 2.52. The van der Waals surface area contributed by atoms with Crippen LogP contribution in [0.3, 0.4) is 0 Å². The van der Waals surface area contributed by atoms with Crippen LogP contribution in [0.15, 0.2) is 48.5 Å². The molecule has 2 fully saturated rings. The Morgan fingerprint density at radius 1 is 0.969 bits per heavy atom.